The fourth-order valence-corrected chi connectivity index (χ4v) is 1.59. The van der Waals surface area contributed by atoms with Crippen molar-refractivity contribution in [3.8, 4) is 0 Å². The topological polar surface area (TPSA) is 32.8 Å². The van der Waals surface area contributed by atoms with Gasteiger partial charge in [0.15, 0.2) is 0 Å². The van der Waals surface area contributed by atoms with E-state index in [9.17, 15) is 0 Å². The summed E-state index contributed by atoms with van der Waals surface area (Å²) in [5.41, 5.74) is 2.98. The van der Waals surface area contributed by atoms with E-state index in [0.717, 1.165) is 16.7 Å². The van der Waals surface area contributed by atoms with E-state index in [2.05, 4.69) is 6.58 Å². The van der Waals surface area contributed by atoms with Gasteiger partial charge in [-0.1, -0.05) is 24.8 Å². The Morgan fingerprint density at radius 1 is 1.57 bits per heavy atom. The fraction of sp³-hybridized carbons (Fsp3) is 0.333. The van der Waals surface area contributed by atoms with Crippen LogP contribution in [0.2, 0.25) is 0 Å². The highest BCUT2D eigenvalue weighted by molar-refractivity contribution is 5.69. The predicted octanol–water partition coefficient (Wildman–Crippen LogP) is 1.98. The molecule has 2 rings (SSSR count). The van der Waals surface area contributed by atoms with Crippen LogP contribution in [-0.2, 0) is 11.3 Å². The molecule has 0 bridgehead atoms. The van der Waals surface area contributed by atoms with Crippen molar-refractivity contribution in [1.29, 1.82) is 0 Å². The molecule has 1 aromatic carbocycles. The van der Waals surface area contributed by atoms with Crippen LogP contribution in [0, 0.1) is 0 Å². The zero-order valence-corrected chi connectivity index (χ0v) is 8.23. The van der Waals surface area contributed by atoms with Crippen molar-refractivity contribution >= 4 is 5.57 Å². The van der Waals surface area contributed by atoms with Crippen molar-refractivity contribution < 1.29 is 9.84 Å². The van der Waals surface area contributed by atoms with Gasteiger partial charge in [-0.05, 0) is 29.7 Å². The summed E-state index contributed by atoms with van der Waals surface area (Å²) in [7, 11) is 0. The van der Waals surface area contributed by atoms with E-state index < -0.39 is 0 Å². The van der Waals surface area contributed by atoms with Crippen molar-refractivity contribution in [3.05, 3.63) is 42.0 Å². The molecule has 14 heavy (non-hydrogen) atoms. The van der Waals surface area contributed by atoms with Crippen LogP contribution in [0.5, 0.6) is 0 Å². The highest BCUT2D eigenvalue weighted by Crippen LogP contribution is 2.33. The Labute approximate surface area is 83.8 Å². The largest absolute Gasteiger partial charge is 0.392 e. The second-order valence-electron chi connectivity index (χ2n) is 3.65. The third-order valence-corrected chi connectivity index (χ3v) is 2.53. The average molecular weight is 190 g/mol. The summed E-state index contributed by atoms with van der Waals surface area (Å²) in [5, 5.41) is 8.99. The Morgan fingerprint density at radius 2 is 2.29 bits per heavy atom. The molecule has 74 valence electrons. The van der Waals surface area contributed by atoms with Crippen molar-refractivity contribution in [2.45, 2.75) is 25.7 Å². The zero-order chi connectivity index (χ0) is 10.1. The highest BCUT2D eigenvalue weighted by atomic mass is 16.6. The SMILES string of the molecule is C=C(c1cccc(CO)c1)C1OC1C. The number of hydrogen-bond acceptors (Lipinski definition) is 2. The molecule has 1 aromatic rings. The number of hydrogen-bond donors (Lipinski definition) is 1. The third kappa shape index (κ3) is 1.72. The molecular formula is C12H14O2. The van der Waals surface area contributed by atoms with Crippen molar-refractivity contribution in [2.75, 3.05) is 0 Å². The maximum atomic E-state index is 8.99. The molecule has 0 saturated carbocycles. The molecule has 2 heteroatoms. The van der Waals surface area contributed by atoms with Crippen LogP contribution in [-0.4, -0.2) is 17.3 Å². The zero-order valence-electron chi connectivity index (χ0n) is 8.23. The van der Waals surface area contributed by atoms with Gasteiger partial charge >= 0.3 is 0 Å². The van der Waals surface area contributed by atoms with Gasteiger partial charge in [-0.3, -0.25) is 0 Å². The number of rotatable bonds is 3. The van der Waals surface area contributed by atoms with Gasteiger partial charge in [-0.25, -0.2) is 0 Å². The minimum Gasteiger partial charge on any atom is -0.392 e. The number of epoxide rings is 1. The summed E-state index contributed by atoms with van der Waals surface area (Å²) in [5.74, 6) is 0. The van der Waals surface area contributed by atoms with E-state index >= 15 is 0 Å². The van der Waals surface area contributed by atoms with E-state index in [0.29, 0.717) is 6.10 Å². The van der Waals surface area contributed by atoms with Crippen LogP contribution in [0.15, 0.2) is 30.8 Å². The minimum atomic E-state index is 0.0716. The fourth-order valence-electron chi connectivity index (χ4n) is 1.59. The summed E-state index contributed by atoms with van der Waals surface area (Å²) in [6.45, 7) is 6.11. The third-order valence-electron chi connectivity index (χ3n) is 2.53. The van der Waals surface area contributed by atoms with Crippen molar-refractivity contribution in [2.24, 2.45) is 0 Å². The molecule has 1 aliphatic rings. The van der Waals surface area contributed by atoms with E-state index in [4.69, 9.17) is 9.84 Å². The van der Waals surface area contributed by atoms with Crippen molar-refractivity contribution in [3.63, 3.8) is 0 Å². The van der Waals surface area contributed by atoms with Gasteiger partial charge in [-0.15, -0.1) is 0 Å². The second-order valence-corrected chi connectivity index (χ2v) is 3.65. The van der Waals surface area contributed by atoms with Gasteiger partial charge in [0.2, 0.25) is 0 Å². The molecular weight excluding hydrogens is 176 g/mol. The Morgan fingerprint density at radius 3 is 2.86 bits per heavy atom. The number of aliphatic hydroxyl groups excluding tert-OH is 1. The molecule has 2 atom stereocenters. The van der Waals surface area contributed by atoms with Crippen molar-refractivity contribution in [1.82, 2.24) is 0 Å². The van der Waals surface area contributed by atoms with Crippen LogP contribution in [0.1, 0.15) is 18.1 Å². The van der Waals surface area contributed by atoms with Gasteiger partial charge in [0.1, 0.15) is 6.10 Å². The normalized spacial score (nSPS) is 24.7. The molecule has 1 heterocycles. The summed E-state index contributed by atoms with van der Waals surface area (Å²) >= 11 is 0. The lowest BCUT2D eigenvalue weighted by Gasteiger charge is -2.04. The van der Waals surface area contributed by atoms with Gasteiger partial charge in [0, 0.05) is 0 Å². The Bertz CT molecular complexity index is 357. The molecule has 2 unspecified atom stereocenters. The van der Waals surface area contributed by atoms with E-state index in [-0.39, 0.29) is 12.7 Å². The molecule has 0 aromatic heterocycles. The molecule has 0 spiro atoms. The Kier molecular flexibility index (Phi) is 2.40. The number of benzene rings is 1. The van der Waals surface area contributed by atoms with Gasteiger partial charge in [0.05, 0.1) is 12.7 Å². The van der Waals surface area contributed by atoms with Crippen LogP contribution < -0.4 is 0 Å². The van der Waals surface area contributed by atoms with Gasteiger partial charge in [-0.2, -0.15) is 0 Å². The predicted molar refractivity (Wildman–Crippen MR) is 55.7 cm³/mol. The van der Waals surface area contributed by atoms with E-state index in [1.807, 2.05) is 31.2 Å². The average Bonchev–Trinajstić information content (AvgIpc) is 2.94. The van der Waals surface area contributed by atoms with E-state index in [1.165, 1.54) is 0 Å². The monoisotopic (exact) mass is 190 g/mol. The van der Waals surface area contributed by atoms with Gasteiger partial charge in [0.25, 0.3) is 0 Å². The first-order valence-electron chi connectivity index (χ1n) is 4.77. The summed E-state index contributed by atoms with van der Waals surface area (Å²) < 4.78 is 5.34. The highest BCUT2D eigenvalue weighted by Gasteiger charge is 2.36. The first-order valence-corrected chi connectivity index (χ1v) is 4.77. The Hall–Kier alpha value is -1.12. The molecule has 0 amide bonds. The summed E-state index contributed by atoms with van der Waals surface area (Å²) in [4.78, 5) is 0. The lowest BCUT2D eigenvalue weighted by molar-refractivity contribution is 0.282. The lowest BCUT2D eigenvalue weighted by Crippen LogP contribution is -1.95. The molecule has 1 fully saturated rings. The van der Waals surface area contributed by atoms with E-state index in [1.54, 1.807) is 0 Å². The van der Waals surface area contributed by atoms with Crippen LogP contribution in [0.3, 0.4) is 0 Å². The number of ether oxygens (including phenoxy) is 1. The first-order chi connectivity index (χ1) is 6.72. The molecule has 1 aliphatic heterocycles. The molecule has 0 aliphatic carbocycles. The molecule has 1 saturated heterocycles. The maximum Gasteiger partial charge on any atom is 0.109 e. The number of aliphatic hydroxyl groups is 1. The molecule has 1 N–H and O–H groups in total. The summed E-state index contributed by atoms with van der Waals surface area (Å²) in [6.07, 6.45) is 0.462. The second kappa shape index (κ2) is 3.56. The van der Waals surface area contributed by atoms with Crippen LogP contribution >= 0.6 is 0 Å². The van der Waals surface area contributed by atoms with Crippen LogP contribution in [0.25, 0.3) is 5.57 Å². The Balaban J connectivity index is 2.19. The lowest BCUT2D eigenvalue weighted by atomic mass is 10.0. The quantitative estimate of drug-likeness (QED) is 0.739. The van der Waals surface area contributed by atoms with Gasteiger partial charge < -0.3 is 9.84 Å². The smallest absolute Gasteiger partial charge is 0.109 e. The molecule has 0 radical (unpaired) electrons. The maximum absolute atomic E-state index is 8.99. The molecule has 2 nitrogen and oxygen atoms in total. The minimum absolute atomic E-state index is 0.0716. The summed E-state index contributed by atoms with van der Waals surface area (Å²) in [6, 6.07) is 7.78. The first kappa shape index (κ1) is 9.44. The standard InChI is InChI=1S/C12H14O2/c1-8(12-9(2)14-12)11-5-3-4-10(6-11)7-13/h3-6,9,12-13H,1,7H2,2H3. The van der Waals surface area contributed by atoms with Crippen LogP contribution in [0.4, 0.5) is 0 Å².